The number of H-pyrrole nitrogens is 1. The number of aromatic nitrogens is 1. The minimum atomic E-state index is -0.561. The van der Waals surface area contributed by atoms with Gasteiger partial charge in [-0.3, -0.25) is 19.3 Å². The van der Waals surface area contributed by atoms with Crippen molar-refractivity contribution in [2.45, 2.75) is 31.8 Å². The van der Waals surface area contributed by atoms with Gasteiger partial charge in [-0.1, -0.05) is 72.3 Å². The zero-order valence-electron chi connectivity index (χ0n) is 23.1. The van der Waals surface area contributed by atoms with Crippen molar-refractivity contribution in [3.05, 3.63) is 106 Å². The number of nitrogens with one attached hydrogen (secondary N) is 1. The Bertz CT molecular complexity index is 1540. The number of carbonyl (C=O) groups excluding carboxylic acids is 3. The minimum Gasteiger partial charge on any atom is -0.360 e. The second-order valence-electron chi connectivity index (χ2n) is 11.0. The van der Waals surface area contributed by atoms with Crippen molar-refractivity contribution in [1.82, 2.24) is 19.7 Å². The fourth-order valence-corrected chi connectivity index (χ4v) is 6.48. The van der Waals surface area contributed by atoms with Crippen molar-refractivity contribution < 1.29 is 14.4 Å². The number of ketones is 1. The highest BCUT2D eigenvalue weighted by molar-refractivity contribution is 6.45. The molecule has 0 radical (unpaired) electrons. The molecule has 4 aromatic rings. The van der Waals surface area contributed by atoms with E-state index in [1.54, 1.807) is 23.2 Å². The van der Waals surface area contributed by atoms with Crippen LogP contribution in [0.5, 0.6) is 0 Å². The predicted octanol–water partition coefficient (Wildman–Crippen LogP) is 5.56. The van der Waals surface area contributed by atoms with Gasteiger partial charge < -0.3 is 14.8 Å². The number of rotatable bonds is 6. The van der Waals surface area contributed by atoms with E-state index in [0.717, 1.165) is 12.8 Å². The third-order valence-electron chi connectivity index (χ3n) is 8.35. The summed E-state index contributed by atoms with van der Waals surface area (Å²) in [5, 5.41) is 0.852. The molecule has 1 N–H and O–H groups in total. The lowest BCUT2D eigenvalue weighted by atomic mass is 9.95. The Labute approximate surface area is 244 Å². The van der Waals surface area contributed by atoms with Gasteiger partial charge in [0.25, 0.3) is 17.6 Å². The molecule has 7 nitrogen and oxygen atoms in total. The van der Waals surface area contributed by atoms with Gasteiger partial charge in [0.1, 0.15) is 0 Å². The van der Waals surface area contributed by atoms with Gasteiger partial charge in [0.15, 0.2) is 0 Å². The number of nitrogens with zero attached hydrogens (tertiary/aromatic N) is 3. The lowest BCUT2D eigenvalue weighted by molar-refractivity contribution is -0.125. The molecule has 2 fully saturated rings. The van der Waals surface area contributed by atoms with Gasteiger partial charge in [-0.05, 0) is 43.0 Å². The highest BCUT2D eigenvalue weighted by atomic mass is 35.5. The smallest absolute Gasteiger partial charge is 0.295 e. The molecule has 0 saturated carbocycles. The van der Waals surface area contributed by atoms with Crippen LogP contribution in [0.1, 0.15) is 57.7 Å². The van der Waals surface area contributed by atoms with Gasteiger partial charge in [0.2, 0.25) is 0 Å². The largest absolute Gasteiger partial charge is 0.360 e. The van der Waals surface area contributed by atoms with Crippen molar-refractivity contribution >= 4 is 40.1 Å². The van der Waals surface area contributed by atoms with Gasteiger partial charge in [0.05, 0.1) is 22.2 Å². The summed E-state index contributed by atoms with van der Waals surface area (Å²) in [7, 11) is 0. The Balaban J connectivity index is 1.24. The van der Waals surface area contributed by atoms with Gasteiger partial charge in [-0.25, -0.2) is 0 Å². The number of piperazine rings is 1. The van der Waals surface area contributed by atoms with E-state index >= 15 is 0 Å². The summed E-state index contributed by atoms with van der Waals surface area (Å²) < 4.78 is 0. The lowest BCUT2D eigenvalue weighted by Crippen LogP contribution is -2.54. The summed E-state index contributed by atoms with van der Waals surface area (Å²) in [6.07, 6.45) is 3.36. The number of hydrogen-bond donors (Lipinski definition) is 1. The van der Waals surface area contributed by atoms with E-state index in [2.05, 4.69) is 65.3 Å². The Morgan fingerprint density at radius 2 is 1.49 bits per heavy atom. The van der Waals surface area contributed by atoms with Crippen LogP contribution in [0.25, 0.3) is 10.9 Å². The first-order valence-electron chi connectivity index (χ1n) is 14.2. The molecule has 2 aliphatic heterocycles. The third kappa shape index (κ3) is 5.27. The molecule has 8 heteroatoms. The number of likely N-dealkylation sites (tertiary alicyclic amines) is 1. The van der Waals surface area contributed by atoms with E-state index in [1.165, 1.54) is 11.1 Å². The van der Waals surface area contributed by atoms with Crippen molar-refractivity contribution in [3.8, 4) is 0 Å². The summed E-state index contributed by atoms with van der Waals surface area (Å²) in [6, 6.07) is 24.2. The van der Waals surface area contributed by atoms with Gasteiger partial charge >= 0.3 is 0 Å². The van der Waals surface area contributed by atoms with Crippen LogP contribution in [0.2, 0.25) is 5.02 Å². The first-order chi connectivity index (χ1) is 19.9. The fourth-order valence-electron chi connectivity index (χ4n) is 6.24. The zero-order chi connectivity index (χ0) is 28.5. The van der Waals surface area contributed by atoms with Crippen LogP contribution in [-0.4, -0.2) is 76.0 Å². The molecule has 0 aliphatic carbocycles. The third-order valence-corrected chi connectivity index (χ3v) is 8.66. The maximum atomic E-state index is 13.9. The van der Waals surface area contributed by atoms with Crippen LogP contribution in [0.15, 0.2) is 79.0 Å². The molecular weight excluding hydrogens is 536 g/mol. The van der Waals surface area contributed by atoms with Crippen molar-refractivity contribution in [2.75, 3.05) is 32.7 Å². The van der Waals surface area contributed by atoms with Crippen LogP contribution in [0.4, 0.5) is 0 Å². The SMILES string of the molecule is CC1CN(C(c2ccccc2)c2ccccc2)CCN1C(=O)c1cc2c(C(=O)C(=O)N3CCCC3)c[nH]c2cc1Cl. The predicted molar refractivity (Wildman–Crippen MR) is 160 cm³/mol. The topological polar surface area (TPSA) is 76.7 Å². The van der Waals surface area contributed by atoms with Gasteiger partial charge in [-0.2, -0.15) is 0 Å². The van der Waals surface area contributed by atoms with E-state index < -0.39 is 11.7 Å². The number of halogens is 1. The molecule has 1 atom stereocenters. The Hall–Kier alpha value is -3.94. The molecule has 41 heavy (non-hydrogen) atoms. The molecule has 6 rings (SSSR count). The summed E-state index contributed by atoms with van der Waals surface area (Å²) >= 11 is 6.62. The molecule has 0 bridgehead atoms. The van der Waals surface area contributed by atoms with Crippen LogP contribution in [0.3, 0.4) is 0 Å². The van der Waals surface area contributed by atoms with E-state index in [-0.39, 0.29) is 23.6 Å². The average molecular weight is 569 g/mol. The number of benzene rings is 3. The van der Waals surface area contributed by atoms with Crippen molar-refractivity contribution in [3.63, 3.8) is 0 Å². The van der Waals surface area contributed by atoms with Gasteiger partial charge in [0, 0.05) is 55.9 Å². The first kappa shape index (κ1) is 27.2. The molecule has 3 heterocycles. The highest BCUT2D eigenvalue weighted by Crippen LogP contribution is 2.33. The zero-order valence-corrected chi connectivity index (χ0v) is 23.8. The van der Waals surface area contributed by atoms with Crippen LogP contribution in [0, 0.1) is 0 Å². The van der Waals surface area contributed by atoms with Crippen molar-refractivity contribution in [1.29, 1.82) is 0 Å². The number of Topliss-reactive ketones (excluding diaryl/α,β-unsaturated/α-hetero) is 1. The van der Waals surface area contributed by atoms with Gasteiger partial charge in [-0.15, -0.1) is 0 Å². The lowest BCUT2D eigenvalue weighted by Gasteiger charge is -2.43. The summed E-state index contributed by atoms with van der Waals surface area (Å²) in [6.45, 7) is 5.19. The second-order valence-corrected chi connectivity index (χ2v) is 11.4. The summed E-state index contributed by atoms with van der Waals surface area (Å²) in [5.41, 5.74) is 3.66. The van der Waals surface area contributed by atoms with E-state index in [4.69, 9.17) is 11.6 Å². The number of amides is 2. The average Bonchev–Trinajstić information content (AvgIpc) is 3.68. The Morgan fingerprint density at radius 1 is 0.854 bits per heavy atom. The monoisotopic (exact) mass is 568 g/mol. The first-order valence-corrected chi connectivity index (χ1v) is 14.6. The molecule has 210 valence electrons. The standard InChI is InChI=1S/C33H33ClN4O3/c1-22-21-37(30(23-10-4-2-5-11-23)24-12-6-3-7-13-24)16-17-38(22)32(40)26-18-25-27(20-35-29(25)19-28(26)34)31(39)33(41)36-14-8-9-15-36/h2-7,10-13,18-20,22,30,35H,8-9,14-17,21H2,1H3. The normalized spacial score (nSPS) is 17.9. The molecular formula is C33H33ClN4O3. The molecule has 2 amide bonds. The number of carbonyl (C=O) groups is 3. The van der Waals surface area contributed by atoms with Crippen LogP contribution in [-0.2, 0) is 4.79 Å². The minimum absolute atomic E-state index is 0.0676. The van der Waals surface area contributed by atoms with Crippen molar-refractivity contribution in [2.24, 2.45) is 0 Å². The summed E-state index contributed by atoms with van der Waals surface area (Å²) in [5.74, 6) is -1.23. The molecule has 0 spiro atoms. The van der Waals surface area contributed by atoms with E-state index in [9.17, 15) is 14.4 Å². The summed E-state index contributed by atoms with van der Waals surface area (Å²) in [4.78, 5) is 48.8. The quantitative estimate of drug-likeness (QED) is 0.244. The molecule has 2 saturated heterocycles. The number of aromatic amines is 1. The number of hydrogen-bond acceptors (Lipinski definition) is 4. The molecule has 2 aliphatic rings. The molecule has 3 aromatic carbocycles. The number of fused-ring (bicyclic) bond motifs is 1. The second kappa shape index (κ2) is 11.5. The van der Waals surface area contributed by atoms with Crippen LogP contribution >= 0.6 is 11.6 Å². The Kier molecular flexibility index (Phi) is 7.65. The maximum absolute atomic E-state index is 13.9. The molecule has 1 unspecified atom stereocenters. The van der Waals surface area contributed by atoms with E-state index in [1.807, 2.05) is 17.0 Å². The highest BCUT2D eigenvalue weighted by Gasteiger charge is 2.34. The molecule has 1 aromatic heterocycles. The van der Waals surface area contributed by atoms with E-state index in [0.29, 0.717) is 54.2 Å². The fraction of sp³-hybridized carbons (Fsp3) is 0.303. The van der Waals surface area contributed by atoms with Crippen LogP contribution < -0.4 is 0 Å². The maximum Gasteiger partial charge on any atom is 0.295 e. The Morgan fingerprint density at radius 3 is 2.10 bits per heavy atom.